The van der Waals surface area contributed by atoms with Gasteiger partial charge < -0.3 is 5.11 Å². The maximum atomic E-state index is 11.0. The van der Waals surface area contributed by atoms with Crippen LogP contribution in [0.1, 0.15) is 25.0 Å². The molecule has 23 heavy (non-hydrogen) atoms. The molecular formula is C18H19N2O3+. The van der Waals surface area contributed by atoms with Crippen molar-refractivity contribution >= 4 is 17.1 Å². The van der Waals surface area contributed by atoms with Crippen LogP contribution in [-0.2, 0) is 11.8 Å². The Morgan fingerprint density at radius 2 is 1.96 bits per heavy atom. The number of nitro groups is 1. The van der Waals surface area contributed by atoms with E-state index < -0.39 is 4.92 Å². The van der Waals surface area contributed by atoms with Crippen molar-refractivity contribution in [3.05, 3.63) is 63.7 Å². The van der Waals surface area contributed by atoms with Crippen LogP contribution in [-0.4, -0.2) is 27.4 Å². The second-order valence-corrected chi connectivity index (χ2v) is 6.24. The van der Waals surface area contributed by atoms with Gasteiger partial charge in [-0.2, -0.15) is 0 Å². The fraction of sp³-hybridized carbons (Fsp3) is 0.278. The van der Waals surface area contributed by atoms with Gasteiger partial charge in [0, 0.05) is 36.2 Å². The Labute approximate surface area is 134 Å². The summed E-state index contributed by atoms with van der Waals surface area (Å²) in [5.41, 5.74) is 3.75. The third-order valence-electron chi connectivity index (χ3n) is 4.98. The van der Waals surface area contributed by atoms with Crippen LogP contribution in [0.3, 0.4) is 0 Å². The molecular weight excluding hydrogens is 292 g/mol. The molecule has 0 aromatic heterocycles. The topological polar surface area (TPSA) is 66.4 Å². The van der Waals surface area contributed by atoms with Gasteiger partial charge in [0.1, 0.15) is 12.8 Å². The predicted molar refractivity (Wildman–Crippen MR) is 88.8 cm³/mol. The van der Waals surface area contributed by atoms with E-state index in [-0.39, 0.29) is 16.9 Å². The second-order valence-electron chi connectivity index (χ2n) is 6.24. The molecule has 3 rings (SSSR count). The van der Waals surface area contributed by atoms with Crippen molar-refractivity contribution in [1.29, 1.82) is 0 Å². The Morgan fingerprint density at radius 1 is 1.26 bits per heavy atom. The van der Waals surface area contributed by atoms with E-state index in [1.165, 1.54) is 23.8 Å². The van der Waals surface area contributed by atoms with Gasteiger partial charge in [-0.15, -0.1) is 0 Å². The lowest BCUT2D eigenvalue weighted by atomic mass is 9.75. The molecule has 0 saturated heterocycles. The smallest absolute Gasteiger partial charge is 0.269 e. The normalized spacial score (nSPS) is 19.8. The van der Waals surface area contributed by atoms with Crippen LogP contribution in [0, 0.1) is 10.1 Å². The van der Waals surface area contributed by atoms with Crippen LogP contribution in [0.4, 0.5) is 11.4 Å². The van der Waals surface area contributed by atoms with E-state index in [0.717, 1.165) is 11.4 Å². The van der Waals surface area contributed by atoms with Crippen molar-refractivity contribution in [2.24, 2.45) is 0 Å². The first-order valence-electron chi connectivity index (χ1n) is 7.48. The minimum atomic E-state index is -0.434. The highest BCUT2D eigenvalue weighted by atomic mass is 16.6. The average molecular weight is 311 g/mol. The highest BCUT2D eigenvalue weighted by molar-refractivity contribution is 5.94. The van der Waals surface area contributed by atoms with Crippen molar-refractivity contribution in [2.45, 2.75) is 25.7 Å². The standard InChI is InChI=1S/C18H18N2O3/c1-12-18(2,15-6-4-5-7-16(15)19(12)3)11-13-10-14(20(22)23)8-9-17(13)21/h4-10H,11H2,1-3H3/p+1/t18-/m0/s1. The molecule has 5 heteroatoms. The van der Waals surface area contributed by atoms with Crippen molar-refractivity contribution in [1.82, 2.24) is 0 Å². The minimum absolute atomic E-state index is 0.00121. The van der Waals surface area contributed by atoms with Gasteiger partial charge in [0.05, 0.1) is 10.3 Å². The van der Waals surface area contributed by atoms with Gasteiger partial charge >= 0.3 is 0 Å². The highest BCUT2D eigenvalue weighted by Crippen LogP contribution is 2.42. The summed E-state index contributed by atoms with van der Waals surface area (Å²) in [5.74, 6) is 0.0941. The van der Waals surface area contributed by atoms with Crippen LogP contribution in [0.2, 0.25) is 0 Å². The van der Waals surface area contributed by atoms with Crippen molar-refractivity contribution in [3.63, 3.8) is 0 Å². The van der Waals surface area contributed by atoms with Crippen LogP contribution in [0.15, 0.2) is 42.5 Å². The first-order valence-corrected chi connectivity index (χ1v) is 7.48. The lowest BCUT2D eigenvalue weighted by molar-refractivity contribution is -0.403. The molecule has 118 valence electrons. The van der Waals surface area contributed by atoms with Gasteiger partial charge in [-0.05, 0) is 19.4 Å². The second kappa shape index (κ2) is 5.19. The molecule has 5 nitrogen and oxygen atoms in total. The summed E-state index contributed by atoms with van der Waals surface area (Å²) in [6.07, 6.45) is 0.508. The molecule has 1 heterocycles. The molecule has 0 amide bonds. The maximum Gasteiger partial charge on any atom is 0.269 e. The Kier molecular flexibility index (Phi) is 3.43. The van der Waals surface area contributed by atoms with Gasteiger partial charge in [0.15, 0.2) is 5.71 Å². The van der Waals surface area contributed by atoms with E-state index in [1.54, 1.807) is 0 Å². The first kappa shape index (κ1) is 15.2. The van der Waals surface area contributed by atoms with Gasteiger partial charge in [-0.3, -0.25) is 10.1 Å². The fourth-order valence-electron chi connectivity index (χ4n) is 3.41. The number of fused-ring (bicyclic) bond motifs is 1. The number of hydrogen-bond donors (Lipinski definition) is 1. The number of phenols is 1. The zero-order valence-corrected chi connectivity index (χ0v) is 13.4. The van der Waals surface area contributed by atoms with Crippen LogP contribution in [0.5, 0.6) is 5.75 Å². The summed E-state index contributed by atoms with van der Waals surface area (Å²) in [7, 11) is 2.02. The molecule has 0 saturated carbocycles. The van der Waals surface area contributed by atoms with Crippen molar-refractivity contribution in [3.8, 4) is 5.75 Å². The molecule has 0 bridgehead atoms. The molecule has 1 aliphatic heterocycles. The Morgan fingerprint density at radius 3 is 2.65 bits per heavy atom. The van der Waals surface area contributed by atoms with Crippen molar-refractivity contribution < 1.29 is 14.6 Å². The maximum absolute atomic E-state index is 11.0. The van der Waals surface area contributed by atoms with E-state index in [0.29, 0.717) is 12.0 Å². The zero-order chi connectivity index (χ0) is 16.8. The summed E-state index contributed by atoms with van der Waals surface area (Å²) in [6.45, 7) is 4.18. The molecule has 2 aromatic rings. The summed E-state index contributed by atoms with van der Waals surface area (Å²) in [6, 6.07) is 12.3. The van der Waals surface area contributed by atoms with E-state index in [4.69, 9.17) is 0 Å². The number of para-hydroxylation sites is 1. The Bertz CT molecular complexity index is 842. The third kappa shape index (κ3) is 2.29. The number of nitro benzene ring substituents is 1. The van der Waals surface area contributed by atoms with Crippen molar-refractivity contribution in [2.75, 3.05) is 7.05 Å². The minimum Gasteiger partial charge on any atom is -0.508 e. The molecule has 0 spiro atoms. The summed E-state index contributed by atoms with van der Waals surface area (Å²) < 4.78 is 2.14. The Hall–Kier alpha value is -2.69. The van der Waals surface area contributed by atoms with Crippen LogP contribution in [0.25, 0.3) is 0 Å². The average Bonchev–Trinajstić information content (AvgIpc) is 2.72. The fourth-order valence-corrected chi connectivity index (χ4v) is 3.41. The molecule has 0 radical (unpaired) electrons. The Balaban J connectivity index is 2.10. The quantitative estimate of drug-likeness (QED) is 0.535. The molecule has 2 aromatic carbocycles. The van der Waals surface area contributed by atoms with Crippen LogP contribution < -0.4 is 0 Å². The first-order chi connectivity index (χ1) is 10.8. The number of rotatable bonds is 3. The largest absolute Gasteiger partial charge is 0.508 e. The molecule has 0 fully saturated rings. The number of phenolic OH excluding ortho intramolecular Hbond substituents is 1. The number of benzene rings is 2. The molecule has 1 atom stereocenters. The lowest BCUT2D eigenvalue weighted by Crippen LogP contribution is -2.32. The summed E-state index contributed by atoms with van der Waals surface area (Å²) >= 11 is 0. The van der Waals surface area contributed by atoms with E-state index in [9.17, 15) is 15.2 Å². The van der Waals surface area contributed by atoms with Gasteiger partial charge in [0.25, 0.3) is 5.69 Å². The van der Waals surface area contributed by atoms with E-state index in [2.05, 4.69) is 30.6 Å². The van der Waals surface area contributed by atoms with Gasteiger partial charge in [-0.1, -0.05) is 18.2 Å². The van der Waals surface area contributed by atoms with E-state index in [1.807, 2.05) is 19.2 Å². The van der Waals surface area contributed by atoms with E-state index >= 15 is 0 Å². The molecule has 1 aliphatic rings. The molecule has 1 N–H and O–H groups in total. The molecule has 0 unspecified atom stereocenters. The predicted octanol–water partition coefficient (Wildman–Crippen LogP) is 3.55. The van der Waals surface area contributed by atoms with Gasteiger partial charge in [0.2, 0.25) is 5.69 Å². The zero-order valence-electron chi connectivity index (χ0n) is 13.4. The number of nitrogens with zero attached hydrogens (tertiary/aromatic N) is 2. The highest BCUT2D eigenvalue weighted by Gasteiger charge is 2.45. The number of aromatic hydroxyl groups is 1. The number of hydrogen-bond acceptors (Lipinski definition) is 3. The van der Waals surface area contributed by atoms with Gasteiger partial charge in [-0.25, -0.2) is 4.58 Å². The summed E-state index contributed by atoms with van der Waals surface area (Å²) in [5, 5.41) is 21.2. The monoisotopic (exact) mass is 311 g/mol. The molecule has 0 aliphatic carbocycles. The summed E-state index contributed by atoms with van der Waals surface area (Å²) in [4.78, 5) is 10.6. The number of non-ortho nitro benzene ring substituents is 1. The lowest BCUT2D eigenvalue weighted by Gasteiger charge is -2.22. The SMILES string of the molecule is CC1=[N+](C)c2ccccc2[C@@]1(C)Cc1cc([N+](=O)[O-])ccc1O. The third-order valence-corrected chi connectivity index (χ3v) is 4.98. The van der Waals surface area contributed by atoms with Crippen LogP contribution >= 0.6 is 0 Å².